The van der Waals surface area contributed by atoms with Crippen LogP contribution in [0.15, 0.2) is 63.5 Å². The third-order valence-electron chi connectivity index (χ3n) is 5.61. The molecule has 1 N–H and O–H groups in total. The van der Waals surface area contributed by atoms with Gasteiger partial charge in [-0.1, -0.05) is 18.2 Å². The Labute approximate surface area is 211 Å². The van der Waals surface area contributed by atoms with Gasteiger partial charge in [-0.05, 0) is 48.2 Å². The molecule has 2 heterocycles. The van der Waals surface area contributed by atoms with Crippen molar-refractivity contribution in [3.8, 4) is 5.75 Å². The van der Waals surface area contributed by atoms with Gasteiger partial charge in [0.25, 0.3) is 0 Å². The van der Waals surface area contributed by atoms with Gasteiger partial charge in [0, 0.05) is 12.1 Å². The number of allylic oxidation sites excluding steroid dienone is 1. The molecule has 188 valence electrons. The van der Waals surface area contributed by atoms with Crippen molar-refractivity contribution >= 4 is 23.5 Å². The predicted molar refractivity (Wildman–Crippen MR) is 137 cm³/mol. The molecule has 1 unspecified atom stereocenters. The van der Waals surface area contributed by atoms with Gasteiger partial charge in [-0.2, -0.15) is 0 Å². The first-order valence-electron chi connectivity index (χ1n) is 12.3. The highest BCUT2D eigenvalue weighted by Crippen LogP contribution is 2.34. The smallest absolute Gasteiger partial charge is 0.175 e. The number of nitrogens with zero attached hydrogens (tertiary/aromatic N) is 1. The molecule has 0 aliphatic carbocycles. The molecular formula is C27H35N2O5S+. The van der Waals surface area contributed by atoms with Crippen molar-refractivity contribution in [1.82, 2.24) is 0 Å². The zero-order chi connectivity index (χ0) is 24.1. The number of nitrogens with one attached hydrogen (secondary N) is 1. The zero-order valence-electron chi connectivity index (χ0n) is 20.4. The summed E-state index contributed by atoms with van der Waals surface area (Å²) in [4.78, 5) is 7.42. The van der Waals surface area contributed by atoms with Gasteiger partial charge in [0.2, 0.25) is 0 Å². The predicted octanol–water partition coefficient (Wildman–Crippen LogP) is 1.73. The van der Waals surface area contributed by atoms with Crippen LogP contribution in [-0.4, -0.2) is 72.6 Å². The maximum atomic E-state index is 6.07. The van der Waals surface area contributed by atoms with E-state index in [0.717, 1.165) is 22.9 Å². The summed E-state index contributed by atoms with van der Waals surface area (Å²) in [5.41, 5.74) is 1.35. The van der Waals surface area contributed by atoms with Crippen LogP contribution in [0.1, 0.15) is 6.92 Å². The molecule has 0 bridgehead atoms. The molecule has 7 nitrogen and oxygen atoms in total. The van der Waals surface area contributed by atoms with Crippen LogP contribution in [0.3, 0.4) is 0 Å². The summed E-state index contributed by atoms with van der Waals surface area (Å²) in [5, 5.41) is 3.20. The Morgan fingerprint density at radius 1 is 0.829 bits per heavy atom. The van der Waals surface area contributed by atoms with E-state index in [0.29, 0.717) is 66.0 Å². The first kappa shape index (κ1) is 25.9. The molecule has 0 saturated carbocycles. The fourth-order valence-electron chi connectivity index (χ4n) is 3.87. The molecule has 0 fully saturated rings. The molecule has 2 aromatic rings. The highest BCUT2D eigenvalue weighted by atomic mass is 32.2. The fourth-order valence-corrected chi connectivity index (χ4v) is 5.07. The minimum absolute atomic E-state index is 0.450. The van der Waals surface area contributed by atoms with Gasteiger partial charge in [0.05, 0.1) is 76.2 Å². The third kappa shape index (κ3) is 7.90. The number of quaternary nitrogens is 1. The topological polar surface area (TPSA) is 63.0 Å². The van der Waals surface area contributed by atoms with Crippen LogP contribution in [0.4, 0.5) is 5.69 Å². The summed E-state index contributed by atoms with van der Waals surface area (Å²) >= 11 is 1.84. The largest absolute Gasteiger partial charge is 0.489 e. The van der Waals surface area contributed by atoms with Crippen molar-refractivity contribution < 1.29 is 28.6 Å². The van der Waals surface area contributed by atoms with Crippen LogP contribution < -0.4 is 20.2 Å². The Balaban J connectivity index is 1.49. The van der Waals surface area contributed by atoms with Crippen molar-refractivity contribution in [2.24, 2.45) is 4.99 Å². The number of hydrogen-bond acceptors (Lipinski definition) is 7. The quantitative estimate of drug-likeness (QED) is 0.679. The van der Waals surface area contributed by atoms with Crippen LogP contribution in [0.25, 0.3) is 6.08 Å². The highest BCUT2D eigenvalue weighted by Gasteiger charge is 2.28. The normalized spacial score (nSPS) is 22.4. The summed E-state index contributed by atoms with van der Waals surface area (Å²) in [6.07, 6.45) is 4.36. The second kappa shape index (κ2) is 14.4. The van der Waals surface area contributed by atoms with Crippen molar-refractivity contribution in [2.75, 3.05) is 72.6 Å². The fraction of sp³-hybridized carbons (Fsp3) is 0.444. The molecule has 0 radical (unpaired) electrons. The van der Waals surface area contributed by atoms with Gasteiger partial charge in [-0.3, -0.25) is 9.89 Å². The average Bonchev–Trinajstić information content (AvgIpc) is 3.25. The van der Waals surface area contributed by atoms with Gasteiger partial charge in [0.1, 0.15) is 12.4 Å². The van der Waals surface area contributed by atoms with E-state index in [4.69, 9.17) is 28.7 Å². The Morgan fingerprint density at radius 2 is 1.51 bits per heavy atom. The van der Waals surface area contributed by atoms with Crippen LogP contribution >= 0.6 is 11.8 Å². The van der Waals surface area contributed by atoms with E-state index in [-0.39, 0.29) is 0 Å². The Kier molecular flexibility index (Phi) is 10.6. The van der Waals surface area contributed by atoms with E-state index < -0.39 is 0 Å². The van der Waals surface area contributed by atoms with Crippen LogP contribution in [0, 0.1) is 0 Å². The molecule has 35 heavy (non-hydrogen) atoms. The number of thioether (sulfide) groups is 1. The first-order valence-corrected chi connectivity index (χ1v) is 13.1. The lowest BCUT2D eigenvalue weighted by atomic mass is 10.2. The van der Waals surface area contributed by atoms with E-state index in [1.165, 1.54) is 20.5 Å². The third-order valence-corrected chi connectivity index (χ3v) is 6.79. The maximum Gasteiger partial charge on any atom is 0.175 e. The molecule has 0 aromatic heterocycles. The molecule has 2 aliphatic rings. The van der Waals surface area contributed by atoms with E-state index in [1.807, 2.05) is 23.9 Å². The molecule has 0 saturated heterocycles. The van der Waals surface area contributed by atoms with E-state index in [2.05, 4.69) is 49.4 Å². The summed E-state index contributed by atoms with van der Waals surface area (Å²) < 4.78 is 28.3. The van der Waals surface area contributed by atoms with Gasteiger partial charge in [-0.25, -0.2) is 0 Å². The Morgan fingerprint density at radius 3 is 2.26 bits per heavy atom. The van der Waals surface area contributed by atoms with Crippen molar-refractivity contribution in [3.63, 3.8) is 0 Å². The summed E-state index contributed by atoms with van der Waals surface area (Å²) in [6.45, 7) is 8.54. The highest BCUT2D eigenvalue weighted by molar-refractivity contribution is 8.03. The summed E-state index contributed by atoms with van der Waals surface area (Å²) in [7, 11) is 0. The molecule has 0 amide bonds. The second-order valence-corrected chi connectivity index (χ2v) is 9.12. The first-order chi connectivity index (χ1) is 17.3. The number of hydrogen-bond donors (Lipinski definition) is 1. The van der Waals surface area contributed by atoms with Gasteiger partial charge in [-0.15, -0.1) is 0 Å². The van der Waals surface area contributed by atoms with Gasteiger partial charge < -0.3 is 23.7 Å². The number of para-hydroxylation sites is 1. The number of ether oxygens (including phenoxy) is 5. The lowest BCUT2D eigenvalue weighted by molar-refractivity contribution is -0.777. The van der Waals surface area contributed by atoms with Gasteiger partial charge >= 0.3 is 0 Å². The van der Waals surface area contributed by atoms with E-state index in [9.17, 15) is 0 Å². The molecule has 2 aliphatic heterocycles. The minimum Gasteiger partial charge on any atom is -0.489 e. The van der Waals surface area contributed by atoms with Crippen molar-refractivity contribution in [2.45, 2.75) is 11.8 Å². The molecular weight excluding hydrogens is 464 g/mol. The monoisotopic (exact) mass is 499 g/mol. The van der Waals surface area contributed by atoms with Crippen LogP contribution in [0.5, 0.6) is 5.75 Å². The lowest BCUT2D eigenvalue weighted by Gasteiger charge is -2.10. The molecule has 8 heteroatoms. The Bertz CT molecular complexity index is 1090. The minimum atomic E-state index is 0.450. The van der Waals surface area contributed by atoms with Crippen molar-refractivity contribution in [1.29, 1.82) is 0 Å². The molecule has 0 spiro atoms. The van der Waals surface area contributed by atoms with E-state index in [1.54, 1.807) is 0 Å². The SMILES string of the molecule is CC[NH+]1C(=CC=c2ccc3c(c2)OCCOCCOCCOCCOCCN=3)Sc2ccccc21. The molecule has 4 rings (SSSR count). The summed E-state index contributed by atoms with van der Waals surface area (Å²) in [5.74, 6) is 0.753. The molecule has 2 aromatic carbocycles. The maximum absolute atomic E-state index is 6.07. The molecule has 1 atom stereocenters. The van der Waals surface area contributed by atoms with Gasteiger partial charge in [0.15, 0.2) is 10.7 Å². The number of benzene rings is 2. The Hall–Kier alpha value is -2.20. The van der Waals surface area contributed by atoms with E-state index >= 15 is 0 Å². The van der Waals surface area contributed by atoms with Crippen LogP contribution in [0.2, 0.25) is 0 Å². The van der Waals surface area contributed by atoms with Crippen LogP contribution in [-0.2, 0) is 18.9 Å². The second-order valence-electron chi connectivity index (χ2n) is 8.03. The lowest BCUT2D eigenvalue weighted by Crippen LogP contribution is -3.03. The zero-order valence-corrected chi connectivity index (χ0v) is 21.2. The van der Waals surface area contributed by atoms with Crippen molar-refractivity contribution in [3.05, 3.63) is 64.1 Å². The number of fused-ring (bicyclic) bond motifs is 2. The average molecular weight is 500 g/mol. The number of rotatable bonds is 2. The standard InChI is InChI=1S/C27H34N2O5S/c1-2-29-24-5-3-4-6-26(24)35-27(29)10-8-22-7-9-23-25(21-22)34-20-19-33-18-17-32-16-15-31-14-13-30-12-11-28-23/h3-10,21H,2,11-20H2,1H3/p+1. The summed E-state index contributed by atoms with van der Waals surface area (Å²) in [6, 6.07) is 14.7.